The monoisotopic (exact) mass is 294 g/mol. The maximum absolute atomic E-state index is 12.5. The summed E-state index contributed by atoms with van der Waals surface area (Å²) in [5.41, 5.74) is 0.821. The number of carbonyl (C=O) groups is 2. The molecule has 0 radical (unpaired) electrons. The number of hydrogen-bond donors (Lipinski definition) is 2. The molecule has 6 heteroatoms. The number of carbonyl (C=O) groups excluding carboxylic acids is 1. The third-order valence-corrected chi connectivity index (χ3v) is 4.06. The van der Waals surface area contributed by atoms with Gasteiger partial charge in [-0.25, -0.2) is 0 Å². The minimum Gasteiger partial charge on any atom is -0.481 e. The number of anilines is 1. The first-order chi connectivity index (χ1) is 9.68. The highest BCUT2D eigenvalue weighted by atomic mass is 32.2. The predicted octanol–water partition coefficient (Wildman–Crippen LogP) is 1.55. The summed E-state index contributed by atoms with van der Waals surface area (Å²) in [5, 5.41) is 11.9. The van der Waals surface area contributed by atoms with Gasteiger partial charge in [-0.2, -0.15) is 0 Å². The van der Waals surface area contributed by atoms with Crippen molar-refractivity contribution in [2.45, 2.75) is 18.9 Å². The van der Waals surface area contributed by atoms with Gasteiger partial charge in [-0.05, 0) is 18.6 Å². The van der Waals surface area contributed by atoms with Gasteiger partial charge in [0, 0.05) is 30.3 Å². The Labute approximate surface area is 122 Å². The van der Waals surface area contributed by atoms with E-state index in [1.807, 2.05) is 30.3 Å². The van der Waals surface area contributed by atoms with Gasteiger partial charge in [0.05, 0.1) is 6.04 Å². The lowest BCUT2D eigenvalue weighted by Crippen LogP contribution is -2.45. The fourth-order valence-corrected chi connectivity index (χ4v) is 3.04. The van der Waals surface area contributed by atoms with E-state index in [9.17, 15) is 9.59 Å². The number of benzene rings is 1. The van der Waals surface area contributed by atoms with E-state index < -0.39 is 5.97 Å². The van der Waals surface area contributed by atoms with Crippen LogP contribution >= 0.6 is 11.8 Å². The lowest BCUT2D eigenvalue weighted by molar-refractivity contribution is -0.137. The van der Waals surface area contributed by atoms with Gasteiger partial charge in [0.15, 0.2) is 0 Å². The number of aliphatic carboxylic acids is 1. The van der Waals surface area contributed by atoms with Crippen LogP contribution < -0.4 is 10.2 Å². The van der Waals surface area contributed by atoms with Gasteiger partial charge in [0.2, 0.25) is 5.91 Å². The van der Waals surface area contributed by atoms with Crippen LogP contribution in [0.2, 0.25) is 0 Å². The molecule has 1 saturated heterocycles. The maximum atomic E-state index is 12.5. The summed E-state index contributed by atoms with van der Waals surface area (Å²) in [5.74, 6) is 0.738. The molecule has 0 spiro atoms. The van der Waals surface area contributed by atoms with Crippen LogP contribution in [0.4, 0.5) is 5.69 Å². The van der Waals surface area contributed by atoms with Crippen LogP contribution in [0, 0.1) is 0 Å². The Kier molecular flexibility index (Phi) is 5.43. The highest BCUT2D eigenvalue weighted by Gasteiger charge is 2.27. The van der Waals surface area contributed by atoms with Crippen LogP contribution in [-0.2, 0) is 9.59 Å². The molecule has 1 amide bonds. The first-order valence-corrected chi connectivity index (χ1v) is 7.73. The number of amides is 1. The Balaban J connectivity index is 2.06. The van der Waals surface area contributed by atoms with Crippen molar-refractivity contribution in [2.75, 3.05) is 23.1 Å². The lowest BCUT2D eigenvalue weighted by Gasteiger charge is -2.25. The molecule has 2 rings (SSSR count). The van der Waals surface area contributed by atoms with E-state index in [1.54, 1.807) is 16.7 Å². The average molecular weight is 294 g/mol. The smallest absolute Gasteiger partial charge is 0.303 e. The molecule has 1 atom stereocenters. The second kappa shape index (κ2) is 7.31. The maximum Gasteiger partial charge on any atom is 0.303 e. The standard InChI is InChI=1S/C14H18N2O3S/c17-13(18)7-4-8-16(11-5-2-1-3-6-11)14(19)12-9-20-10-15-12/h1-3,5-6,12,15H,4,7-10H2,(H,17,18). The molecule has 0 aromatic heterocycles. The summed E-state index contributed by atoms with van der Waals surface area (Å²) < 4.78 is 0. The minimum atomic E-state index is -0.833. The number of nitrogens with one attached hydrogen (secondary N) is 1. The largest absolute Gasteiger partial charge is 0.481 e. The Morgan fingerprint density at radius 2 is 2.10 bits per heavy atom. The Bertz CT molecular complexity index is 461. The molecule has 5 nitrogen and oxygen atoms in total. The van der Waals surface area contributed by atoms with E-state index in [4.69, 9.17) is 5.11 Å². The topological polar surface area (TPSA) is 69.6 Å². The molecule has 1 aliphatic rings. The zero-order chi connectivity index (χ0) is 14.4. The van der Waals surface area contributed by atoms with Gasteiger partial charge >= 0.3 is 5.97 Å². The fraction of sp³-hybridized carbons (Fsp3) is 0.429. The van der Waals surface area contributed by atoms with Crippen LogP contribution in [-0.4, -0.2) is 41.2 Å². The van der Waals surface area contributed by atoms with E-state index in [2.05, 4.69) is 5.32 Å². The highest BCUT2D eigenvalue weighted by Crippen LogP contribution is 2.19. The van der Waals surface area contributed by atoms with Crippen LogP contribution in [0.25, 0.3) is 0 Å². The summed E-state index contributed by atoms with van der Waals surface area (Å²) in [4.78, 5) is 24.8. The first-order valence-electron chi connectivity index (χ1n) is 6.58. The van der Waals surface area contributed by atoms with Crippen molar-refractivity contribution in [3.63, 3.8) is 0 Å². The van der Waals surface area contributed by atoms with Gasteiger partial charge in [-0.1, -0.05) is 18.2 Å². The molecule has 1 aromatic carbocycles. The molecular formula is C14H18N2O3S. The lowest BCUT2D eigenvalue weighted by atomic mass is 10.2. The van der Waals surface area contributed by atoms with Crippen LogP contribution in [0.5, 0.6) is 0 Å². The van der Waals surface area contributed by atoms with E-state index in [1.165, 1.54) is 0 Å². The SMILES string of the molecule is O=C(O)CCCN(C(=O)C1CSCN1)c1ccccc1. The van der Waals surface area contributed by atoms with Crippen LogP contribution in [0.1, 0.15) is 12.8 Å². The molecule has 0 aliphatic carbocycles. The summed E-state index contributed by atoms with van der Waals surface area (Å²) in [6.07, 6.45) is 0.527. The number of rotatable bonds is 6. The third kappa shape index (κ3) is 3.98. The molecule has 1 unspecified atom stereocenters. The highest BCUT2D eigenvalue weighted by molar-refractivity contribution is 7.99. The number of nitrogens with zero attached hydrogens (tertiary/aromatic N) is 1. The van der Waals surface area contributed by atoms with Gasteiger partial charge in [-0.15, -0.1) is 11.8 Å². The number of para-hydroxylation sites is 1. The van der Waals surface area contributed by atoms with E-state index in [-0.39, 0.29) is 18.4 Å². The molecule has 1 heterocycles. The zero-order valence-electron chi connectivity index (χ0n) is 11.1. The first kappa shape index (κ1) is 14.9. The average Bonchev–Trinajstić information content (AvgIpc) is 2.98. The number of thioether (sulfide) groups is 1. The zero-order valence-corrected chi connectivity index (χ0v) is 11.9. The minimum absolute atomic E-state index is 0.0200. The Morgan fingerprint density at radius 1 is 1.35 bits per heavy atom. The van der Waals surface area contributed by atoms with Gasteiger partial charge in [0.1, 0.15) is 0 Å². The van der Waals surface area contributed by atoms with Crippen molar-refractivity contribution >= 4 is 29.3 Å². The summed E-state index contributed by atoms with van der Waals surface area (Å²) in [6, 6.07) is 9.23. The van der Waals surface area contributed by atoms with Crippen molar-refractivity contribution in [1.29, 1.82) is 0 Å². The molecule has 2 N–H and O–H groups in total. The van der Waals surface area contributed by atoms with Crippen LogP contribution in [0.3, 0.4) is 0 Å². The van der Waals surface area contributed by atoms with Gasteiger partial charge < -0.3 is 10.0 Å². The van der Waals surface area contributed by atoms with E-state index in [0.29, 0.717) is 13.0 Å². The third-order valence-electron chi connectivity index (χ3n) is 3.12. The summed E-state index contributed by atoms with van der Waals surface area (Å²) >= 11 is 1.70. The number of hydrogen-bond acceptors (Lipinski definition) is 4. The van der Waals surface area contributed by atoms with E-state index in [0.717, 1.165) is 17.3 Å². The normalized spacial score (nSPS) is 17.9. The van der Waals surface area contributed by atoms with Gasteiger partial charge in [0.25, 0.3) is 0 Å². The second-order valence-electron chi connectivity index (χ2n) is 4.59. The van der Waals surface area contributed by atoms with Gasteiger partial charge in [-0.3, -0.25) is 14.9 Å². The van der Waals surface area contributed by atoms with Crippen molar-refractivity contribution < 1.29 is 14.7 Å². The van der Waals surface area contributed by atoms with E-state index >= 15 is 0 Å². The Morgan fingerprint density at radius 3 is 2.70 bits per heavy atom. The van der Waals surface area contributed by atoms with Crippen molar-refractivity contribution in [1.82, 2.24) is 5.32 Å². The Hall–Kier alpha value is -1.53. The number of carboxylic acid groups (broad SMARTS) is 1. The molecule has 0 saturated carbocycles. The molecule has 108 valence electrons. The summed E-state index contributed by atoms with van der Waals surface area (Å²) in [6.45, 7) is 0.429. The van der Waals surface area contributed by atoms with Crippen molar-refractivity contribution in [3.8, 4) is 0 Å². The summed E-state index contributed by atoms with van der Waals surface area (Å²) in [7, 11) is 0. The number of carboxylic acids is 1. The molecular weight excluding hydrogens is 276 g/mol. The predicted molar refractivity (Wildman–Crippen MR) is 79.9 cm³/mol. The molecule has 1 fully saturated rings. The quantitative estimate of drug-likeness (QED) is 0.833. The molecule has 1 aromatic rings. The van der Waals surface area contributed by atoms with Crippen LogP contribution in [0.15, 0.2) is 30.3 Å². The molecule has 0 bridgehead atoms. The molecule has 20 heavy (non-hydrogen) atoms. The van der Waals surface area contributed by atoms with Crippen molar-refractivity contribution in [3.05, 3.63) is 30.3 Å². The van der Waals surface area contributed by atoms with Crippen molar-refractivity contribution in [2.24, 2.45) is 0 Å². The second-order valence-corrected chi connectivity index (χ2v) is 5.62. The molecule has 1 aliphatic heterocycles. The fourth-order valence-electron chi connectivity index (χ4n) is 2.10.